The highest BCUT2D eigenvalue weighted by atomic mass is 16.4. The molecule has 1 N–H and O–H groups in total. The molecular formula is C20H26N4O2. The molecule has 2 aromatic rings. The topological polar surface area (TPSA) is 61.6 Å². The number of aliphatic carboxylic acids is 1. The van der Waals surface area contributed by atoms with Gasteiger partial charge in [0.15, 0.2) is 0 Å². The van der Waals surface area contributed by atoms with Gasteiger partial charge in [0.2, 0.25) is 0 Å². The normalized spacial score (nSPS) is 21.6. The van der Waals surface area contributed by atoms with Crippen molar-refractivity contribution >= 4 is 11.7 Å². The summed E-state index contributed by atoms with van der Waals surface area (Å²) in [6.07, 6.45) is 8.63. The number of aromatic nitrogens is 2. The molecule has 1 aromatic carbocycles. The molecule has 6 nitrogen and oxygen atoms in total. The number of piperidine rings is 2. The zero-order valence-electron chi connectivity index (χ0n) is 15.0. The van der Waals surface area contributed by atoms with Crippen molar-refractivity contribution in [2.75, 3.05) is 31.1 Å². The number of anilines is 1. The van der Waals surface area contributed by atoms with Crippen LogP contribution in [0.15, 0.2) is 49.1 Å². The minimum Gasteiger partial charge on any atom is -0.479 e. The highest BCUT2D eigenvalue weighted by Gasteiger charge is 2.44. The maximum absolute atomic E-state index is 12.0. The molecule has 0 unspecified atom stereocenters. The van der Waals surface area contributed by atoms with E-state index in [-0.39, 0.29) is 0 Å². The summed E-state index contributed by atoms with van der Waals surface area (Å²) in [4.78, 5) is 21.0. The molecule has 4 rings (SSSR count). The second kappa shape index (κ2) is 7.11. The van der Waals surface area contributed by atoms with Gasteiger partial charge in [-0.1, -0.05) is 18.2 Å². The van der Waals surface area contributed by atoms with Crippen LogP contribution in [0.2, 0.25) is 0 Å². The van der Waals surface area contributed by atoms with Gasteiger partial charge in [0.1, 0.15) is 5.54 Å². The van der Waals surface area contributed by atoms with Crippen LogP contribution >= 0.6 is 0 Å². The third-order valence-corrected chi connectivity index (χ3v) is 6.12. The first-order valence-corrected chi connectivity index (χ1v) is 9.45. The van der Waals surface area contributed by atoms with Crippen molar-refractivity contribution in [2.24, 2.45) is 0 Å². The summed E-state index contributed by atoms with van der Waals surface area (Å²) in [6.45, 7) is 3.80. The number of hydrogen-bond donors (Lipinski definition) is 1. The summed E-state index contributed by atoms with van der Waals surface area (Å²) in [6, 6.07) is 11.1. The number of imidazole rings is 1. The van der Waals surface area contributed by atoms with E-state index in [1.165, 1.54) is 5.69 Å². The number of likely N-dealkylation sites (tertiary alicyclic amines) is 1. The molecule has 2 aliphatic rings. The van der Waals surface area contributed by atoms with Gasteiger partial charge in [-0.15, -0.1) is 0 Å². The van der Waals surface area contributed by atoms with Crippen LogP contribution < -0.4 is 4.90 Å². The van der Waals surface area contributed by atoms with Gasteiger partial charge in [-0.3, -0.25) is 0 Å². The minimum atomic E-state index is -0.836. The van der Waals surface area contributed by atoms with E-state index in [2.05, 4.69) is 45.1 Å². The molecule has 0 atom stereocenters. The summed E-state index contributed by atoms with van der Waals surface area (Å²) in [7, 11) is 0. The molecule has 0 aliphatic carbocycles. The minimum absolute atomic E-state index is 0.560. The Kier molecular flexibility index (Phi) is 4.68. The third-order valence-electron chi connectivity index (χ3n) is 6.12. The fourth-order valence-electron chi connectivity index (χ4n) is 4.48. The van der Waals surface area contributed by atoms with Gasteiger partial charge in [0.05, 0.1) is 6.33 Å². The summed E-state index contributed by atoms with van der Waals surface area (Å²) in [5, 5.41) is 9.84. The van der Waals surface area contributed by atoms with Crippen LogP contribution in [0.25, 0.3) is 0 Å². The lowest BCUT2D eigenvalue weighted by Crippen LogP contribution is -2.54. The highest BCUT2D eigenvalue weighted by molar-refractivity contribution is 5.77. The van der Waals surface area contributed by atoms with Crippen LogP contribution in [-0.4, -0.2) is 57.7 Å². The Hall–Kier alpha value is -2.34. The SMILES string of the molecule is O=C(O)C1(n2ccnc2)CCN(C2CCN(c3ccccc3)CC2)CC1. The van der Waals surface area contributed by atoms with E-state index in [1.807, 2.05) is 0 Å². The fraction of sp³-hybridized carbons (Fsp3) is 0.500. The van der Waals surface area contributed by atoms with Gasteiger partial charge in [0, 0.05) is 50.3 Å². The quantitative estimate of drug-likeness (QED) is 0.914. The Balaban J connectivity index is 1.36. The number of carboxylic acids is 1. The molecule has 3 heterocycles. The van der Waals surface area contributed by atoms with E-state index in [1.54, 1.807) is 23.3 Å². The van der Waals surface area contributed by atoms with Gasteiger partial charge in [-0.05, 0) is 37.8 Å². The van der Waals surface area contributed by atoms with Crippen LogP contribution in [0.5, 0.6) is 0 Å². The first-order valence-electron chi connectivity index (χ1n) is 9.45. The van der Waals surface area contributed by atoms with E-state index >= 15 is 0 Å². The van der Waals surface area contributed by atoms with Crippen molar-refractivity contribution in [3.8, 4) is 0 Å². The zero-order valence-corrected chi connectivity index (χ0v) is 15.0. The number of rotatable bonds is 4. The molecule has 0 spiro atoms. The first kappa shape index (κ1) is 17.1. The van der Waals surface area contributed by atoms with Crippen molar-refractivity contribution in [3.05, 3.63) is 49.1 Å². The van der Waals surface area contributed by atoms with Crippen molar-refractivity contribution < 1.29 is 9.90 Å². The Morgan fingerprint density at radius 1 is 1.08 bits per heavy atom. The molecule has 2 saturated heterocycles. The Morgan fingerprint density at radius 2 is 1.77 bits per heavy atom. The number of carbonyl (C=O) groups is 1. The predicted octanol–water partition coefficient (Wildman–Crippen LogP) is 2.43. The van der Waals surface area contributed by atoms with Crippen LogP contribution in [0.1, 0.15) is 25.7 Å². The van der Waals surface area contributed by atoms with E-state index < -0.39 is 11.5 Å². The van der Waals surface area contributed by atoms with Gasteiger partial charge in [0.25, 0.3) is 0 Å². The Bertz CT molecular complexity index is 716. The molecule has 0 saturated carbocycles. The van der Waals surface area contributed by atoms with Crippen LogP contribution in [0.3, 0.4) is 0 Å². The number of nitrogens with zero attached hydrogens (tertiary/aromatic N) is 4. The second-order valence-corrected chi connectivity index (χ2v) is 7.40. The van der Waals surface area contributed by atoms with Gasteiger partial charge in [-0.25, -0.2) is 9.78 Å². The maximum atomic E-state index is 12.0. The van der Waals surface area contributed by atoms with Crippen LogP contribution in [0, 0.1) is 0 Å². The van der Waals surface area contributed by atoms with Crippen LogP contribution in [-0.2, 0) is 10.3 Å². The smallest absolute Gasteiger partial charge is 0.330 e. The molecule has 26 heavy (non-hydrogen) atoms. The lowest BCUT2D eigenvalue weighted by molar-refractivity contribution is -0.150. The summed E-state index contributed by atoms with van der Waals surface area (Å²) >= 11 is 0. The monoisotopic (exact) mass is 354 g/mol. The van der Waals surface area contributed by atoms with Gasteiger partial charge in [-0.2, -0.15) is 0 Å². The van der Waals surface area contributed by atoms with Gasteiger partial charge < -0.3 is 19.5 Å². The number of benzene rings is 1. The number of carboxylic acid groups (broad SMARTS) is 1. The van der Waals surface area contributed by atoms with E-state index in [4.69, 9.17) is 0 Å². The lowest BCUT2D eigenvalue weighted by atomic mass is 9.85. The van der Waals surface area contributed by atoms with Crippen molar-refractivity contribution in [1.29, 1.82) is 0 Å². The van der Waals surface area contributed by atoms with Crippen molar-refractivity contribution in [1.82, 2.24) is 14.5 Å². The predicted molar refractivity (Wildman–Crippen MR) is 100 cm³/mol. The second-order valence-electron chi connectivity index (χ2n) is 7.40. The number of hydrogen-bond acceptors (Lipinski definition) is 4. The van der Waals surface area contributed by atoms with Gasteiger partial charge >= 0.3 is 5.97 Å². The van der Waals surface area contributed by atoms with Crippen molar-refractivity contribution in [3.63, 3.8) is 0 Å². The van der Waals surface area contributed by atoms with Crippen molar-refractivity contribution in [2.45, 2.75) is 37.3 Å². The Labute approximate surface area is 154 Å². The zero-order chi connectivity index (χ0) is 18.0. The summed E-state index contributed by atoms with van der Waals surface area (Å²) in [5.74, 6) is -0.742. The first-order chi connectivity index (χ1) is 12.7. The largest absolute Gasteiger partial charge is 0.479 e. The molecule has 1 aromatic heterocycles. The van der Waals surface area contributed by atoms with E-state index in [0.29, 0.717) is 18.9 Å². The molecule has 0 amide bonds. The molecule has 0 radical (unpaired) electrons. The Morgan fingerprint density at radius 3 is 2.35 bits per heavy atom. The molecule has 2 aliphatic heterocycles. The summed E-state index contributed by atoms with van der Waals surface area (Å²) in [5.41, 5.74) is 0.465. The third kappa shape index (κ3) is 3.09. The standard InChI is InChI=1S/C20H26N4O2/c25-19(26)20(24-15-10-21-16-24)8-13-23(14-9-20)18-6-11-22(12-7-18)17-4-2-1-3-5-17/h1-5,10,15-16,18H,6-9,11-14H2,(H,25,26). The van der Waals surface area contributed by atoms with Crippen LogP contribution in [0.4, 0.5) is 5.69 Å². The number of para-hydroxylation sites is 1. The van der Waals surface area contributed by atoms with E-state index in [9.17, 15) is 9.90 Å². The molecule has 0 bridgehead atoms. The van der Waals surface area contributed by atoms with E-state index in [0.717, 1.165) is 39.0 Å². The lowest BCUT2D eigenvalue weighted by Gasteiger charge is -2.45. The molecule has 2 fully saturated rings. The highest BCUT2D eigenvalue weighted by Crippen LogP contribution is 2.33. The average molecular weight is 354 g/mol. The molecular weight excluding hydrogens is 328 g/mol. The average Bonchev–Trinajstić information content (AvgIpc) is 3.24. The maximum Gasteiger partial charge on any atom is 0.330 e. The summed E-state index contributed by atoms with van der Waals surface area (Å²) < 4.78 is 1.78. The molecule has 138 valence electrons. The fourth-order valence-corrected chi connectivity index (χ4v) is 4.48. The molecule has 6 heteroatoms.